The summed E-state index contributed by atoms with van der Waals surface area (Å²) in [7, 11) is 0. The average Bonchev–Trinajstić information content (AvgIpc) is 1.83. The van der Waals surface area contributed by atoms with Crippen molar-refractivity contribution >= 4 is 0 Å². The highest BCUT2D eigenvalue weighted by molar-refractivity contribution is 5.48. The van der Waals surface area contributed by atoms with Crippen molar-refractivity contribution in [2.24, 2.45) is 0 Å². The lowest BCUT2D eigenvalue weighted by molar-refractivity contribution is 0.0626. The molecule has 2 aliphatic heterocycles. The highest BCUT2D eigenvalue weighted by Crippen LogP contribution is 2.40. The molecule has 0 aromatic heterocycles. The molecular formula is C93H104O16. The summed E-state index contributed by atoms with van der Waals surface area (Å²) in [6, 6.07) is 79.8. The molecule has 10 aromatic rings. The lowest BCUT2D eigenvalue weighted by atomic mass is 9.78. The maximum absolute atomic E-state index is 10.9. The van der Waals surface area contributed by atoms with Gasteiger partial charge < -0.3 is 77.3 Å². The molecular weight excluding hydrogens is 1370 g/mol. The van der Waals surface area contributed by atoms with Crippen molar-refractivity contribution in [3.8, 4) is 57.5 Å². The van der Waals surface area contributed by atoms with Crippen LogP contribution < -0.4 is 47.4 Å². The van der Waals surface area contributed by atoms with E-state index in [-0.39, 0.29) is 92.1 Å². The molecule has 0 radical (unpaired) electrons. The van der Waals surface area contributed by atoms with Crippen molar-refractivity contribution in [2.45, 2.75) is 133 Å². The molecule has 16 nitrogen and oxygen atoms in total. The van der Waals surface area contributed by atoms with Crippen LogP contribution in [0.25, 0.3) is 0 Å². The van der Waals surface area contributed by atoms with Gasteiger partial charge in [0.25, 0.3) is 0 Å². The van der Waals surface area contributed by atoms with Crippen molar-refractivity contribution in [3.63, 3.8) is 0 Å². The standard InChI is InChI=1S/C93H104O16/c1-89(2,63-11-31-77(32-12-63)98-51-73(94)53-100-79-35-15-65(16-36-79)90(3,4)67-19-39-81(40-20-67)102-55-75(96)57-104-83-43-23-69(24-44-83)92(7,8)71-27-47-85(48-28-71)106-59-87-61-108-87)64-13-33-78(34-14-64)99-52-74(95)54-101-80-37-17-66(18-38-80)91(5,6)68-21-41-82(42-22-68)103-56-76(97)58-105-84-45-25-70(26-46-84)93(9,10)72-29-49-86(50-30-72)107-60-88-62-109-88/h11-50,73-76,87-88,94-97H,51-62H2,1-10H3. The molecule has 4 N–H and O–H groups in total. The highest BCUT2D eigenvalue weighted by atomic mass is 16.6. The third-order valence-corrected chi connectivity index (χ3v) is 21.0. The zero-order valence-corrected chi connectivity index (χ0v) is 64.2. The van der Waals surface area contributed by atoms with Gasteiger partial charge in [0.2, 0.25) is 0 Å². The van der Waals surface area contributed by atoms with E-state index in [1.165, 1.54) is 11.1 Å². The van der Waals surface area contributed by atoms with Crippen LogP contribution in [-0.2, 0) is 36.5 Å². The van der Waals surface area contributed by atoms with Crippen LogP contribution in [-0.4, -0.2) is 136 Å². The summed E-state index contributed by atoms with van der Waals surface area (Å²) in [5.41, 5.74) is 9.66. The SMILES string of the molecule is CC(C)(c1ccc(OCC(O)COc2ccc(C(C)(C)c3ccc(OCC(O)COc4ccc(C(C)(C)c5ccc(OCC6CO6)cc5)cc4)cc3)cc2)cc1)c1ccc(OCC(O)COc2ccc(C(C)(C)c3ccc(OCC(O)COc4ccc(C(C)(C)c5ccc(OCC6CO6)cc5)cc4)cc3)cc2)cc1. The molecule has 0 bridgehead atoms. The Labute approximate surface area is 642 Å². The number of hydrogen-bond acceptors (Lipinski definition) is 16. The molecule has 0 saturated carbocycles. The number of epoxide rings is 2. The Morgan fingerprint density at radius 2 is 0.330 bits per heavy atom. The molecule has 10 aromatic carbocycles. The van der Waals surface area contributed by atoms with Crippen LogP contribution in [0.5, 0.6) is 57.5 Å². The molecule has 109 heavy (non-hydrogen) atoms. The van der Waals surface area contributed by atoms with Crippen LogP contribution in [0.4, 0.5) is 0 Å². The van der Waals surface area contributed by atoms with Crippen LogP contribution in [0.3, 0.4) is 0 Å². The van der Waals surface area contributed by atoms with Gasteiger partial charge in [-0.1, -0.05) is 191 Å². The second kappa shape index (κ2) is 35.1. The Morgan fingerprint density at radius 1 is 0.220 bits per heavy atom. The molecule has 2 fully saturated rings. The van der Waals surface area contributed by atoms with Crippen LogP contribution in [0.2, 0.25) is 0 Å². The van der Waals surface area contributed by atoms with E-state index >= 15 is 0 Å². The molecule has 2 saturated heterocycles. The summed E-state index contributed by atoms with van der Waals surface area (Å²) in [6.45, 7) is 25.0. The molecule has 2 aliphatic rings. The summed E-state index contributed by atoms with van der Waals surface area (Å²) in [4.78, 5) is 0. The van der Waals surface area contributed by atoms with E-state index in [1.54, 1.807) is 0 Å². The van der Waals surface area contributed by atoms with Crippen LogP contribution in [0.1, 0.15) is 125 Å². The second-order valence-electron chi connectivity index (χ2n) is 31.0. The fourth-order valence-electron chi connectivity index (χ4n) is 13.0. The van der Waals surface area contributed by atoms with Gasteiger partial charge in [-0.3, -0.25) is 0 Å². The van der Waals surface area contributed by atoms with Gasteiger partial charge in [0, 0.05) is 27.1 Å². The van der Waals surface area contributed by atoms with Crippen LogP contribution in [0.15, 0.2) is 243 Å². The van der Waals surface area contributed by atoms with Gasteiger partial charge in [0.15, 0.2) is 0 Å². The van der Waals surface area contributed by atoms with Gasteiger partial charge in [-0.05, 0) is 177 Å². The van der Waals surface area contributed by atoms with E-state index in [1.807, 2.05) is 194 Å². The summed E-state index contributed by atoms with van der Waals surface area (Å²) >= 11 is 0. The minimum atomic E-state index is -0.865. The van der Waals surface area contributed by atoms with Crippen molar-refractivity contribution in [1.29, 1.82) is 0 Å². The minimum absolute atomic E-state index is 0.0553. The van der Waals surface area contributed by atoms with E-state index < -0.39 is 24.4 Å². The lowest BCUT2D eigenvalue weighted by Gasteiger charge is -2.27. The molecule has 6 unspecified atom stereocenters. The zero-order chi connectivity index (χ0) is 76.8. The molecule has 6 atom stereocenters. The summed E-state index contributed by atoms with van der Waals surface area (Å²) in [5.74, 6) is 6.86. The largest absolute Gasteiger partial charge is 0.491 e. The third-order valence-electron chi connectivity index (χ3n) is 21.0. The number of hydrogen-bond donors (Lipinski definition) is 4. The molecule has 0 spiro atoms. The van der Waals surface area contributed by atoms with E-state index in [0.717, 1.165) is 69.2 Å². The average molecular weight is 1480 g/mol. The predicted octanol–water partition coefficient (Wildman–Crippen LogP) is 16.1. The van der Waals surface area contributed by atoms with Gasteiger partial charge in [-0.15, -0.1) is 0 Å². The first-order chi connectivity index (χ1) is 52.3. The van der Waals surface area contributed by atoms with Gasteiger partial charge in [-0.25, -0.2) is 0 Å². The molecule has 12 rings (SSSR count). The van der Waals surface area contributed by atoms with Crippen molar-refractivity contribution < 1.29 is 77.3 Å². The summed E-state index contributed by atoms with van der Waals surface area (Å²) in [6.07, 6.45) is -2.96. The molecule has 0 amide bonds. The van der Waals surface area contributed by atoms with Crippen molar-refractivity contribution in [1.82, 2.24) is 0 Å². The van der Waals surface area contributed by atoms with E-state index in [9.17, 15) is 20.4 Å². The molecule has 2 heterocycles. The van der Waals surface area contributed by atoms with Crippen molar-refractivity contribution in [3.05, 3.63) is 298 Å². The summed E-state index contributed by atoms with van der Waals surface area (Å²) in [5, 5.41) is 43.3. The first kappa shape index (κ1) is 78.5. The normalized spacial score (nSPS) is 15.5. The molecule has 16 heteroatoms. The Bertz CT molecular complexity index is 4150. The Morgan fingerprint density at radius 3 is 0.440 bits per heavy atom. The number of rotatable bonds is 40. The number of aliphatic hydroxyl groups is 4. The fourth-order valence-corrected chi connectivity index (χ4v) is 13.0. The monoisotopic (exact) mass is 1480 g/mol. The Kier molecular flexibility index (Phi) is 25.3. The van der Waals surface area contributed by atoms with E-state index in [2.05, 4.69) is 118 Å². The minimum Gasteiger partial charge on any atom is -0.491 e. The van der Waals surface area contributed by atoms with Gasteiger partial charge >= 0.3 is 0 Å². The van der Waals surface area contributed by atoms with Gasteiger partial charge in [0.1, 0.15) is 160 Å². The Hall–Kier alpha value is -10.0. The van der Waals surface area contributed by atoms with Gasteiger partial charge in [-0.2, -0.15) is 0 Å². The summed E-state index contributed by atoms with van der Waals surface area (Å²) < 4.78 is 69.9. The maximum Gasteiger partial charge on any atom is 0.122 e. The topological polar surface area (TPSA) is 198 Å². The fraction of sp³-hybridized carbons (Fsp3) is 0.355. The number of ether oxygens (including phenoxy) is 12. The Balaban J connectivity index is 0.508. The van der Waals surface area contributed by atoms with Crippen LogP contribution in [0, 0.1) is 0 Å². The zero-order valence-electron chi connectivity index (χ0n) is 64.2. The highest BCUT2D eigenvalue weighted by Gasteiger charge is 2.30. The lowest BCUT2D eigenvalue weighted by Crippen LogP contribution is -2.25. The first-order valence-corrected chi connectivity index (χ1v) is 37.6. The number of aliphatic hydroxyl groups excluding tert-OH is 4. The van der Waals surface area contributed by atoms with E-state index in [0.29, 0.717) is 59.2 Å². The van der Waals surface area contributed by atoms with Gasteiger partial charge in [0.05, 0.1) is 13.2 Å². The predicted molar refractivity (Wildman–Crippen MR) is 424 cm³/mol. The number of benzene rings is 10. The van der Waals surface area contributed by atoms with E-state index in [4.69, 9.17) is 56.8 Å². The van der Waals surface area contributed by atoms with Crippen LogP contribution >= 0.6 is 0 Å². The second-order valence-corrected chi connectivity index (χ2v) is 31.0. The smallest absolute Gasteiger partial charge is 0.122 e. The quantitative estimate of drug-likeness (QED) is 0.0264. The maximum atomic E-state index is 10.9. The molecule has 0 aliphatic carbocycles. The first-order valence-electron chi connectivity index (χ1n) is 37.6. The van der Waals surface area contributed by atoms with Crippen molar-refractivity contribution in [2.75, 3.05) is 79.3 Å². The molecule has 572 valence electrons. The third kappa shape index (κ3) is 21.3.